The van der Waals surface area contributed by atoms with Crippen molar-refractivity contribution < 1.29 is 33.0 Å². The number of carbonyl (C=O) groups excluding carboxylic acids is 2. The molecule has 178 valence electrons. The summed E-state index contributed by atoms with van der Waals surface area (Å²) >= 11 is 0. The Morgan fingerprint density at radius 3 is 2.29 bits per heavy atom. The summed E-state index contributed by atoms with van der Waals surface area (Å²) in [5.41, 5.74) is 4.23. The summed E-state index contributed by atoms with van der Waals surface area (Å²) in [5, 5.41) is 11.6. The number of ether oxygens (including phenoxy) is 1. The van der Waals surface area contributed by atoms with Gasteiger partial charge in [0.05, 0.1) is 5.92 Å². The number of carboxylic acids is 1. The molecule has 3 unspecified atom stereocenters. The molecule has 1 saturated carbocycles. The summed E-state index contributed by atoms with van der Waals surface area (Å²) in [4.78, 5) is 37.2. The van der Waals surface area contributed by atoms with Crippen molar-refractivity contribution >= 4 is 18.0 Å². The van der Waals surface area contributed by atoms with Crippen molar-refractivity contribution in [2.75, 3.05) is 19.7 Å². The number of nitrogens with one attached hydrogen (secondary N) is 1. The highest BCUT2D eigenvalue weighted by Crippen LogP contribution is 2.56. The molecule has 2 N–H and O–H groups in total. The first-order chi connectivity index (χ1) is 16.3. The number of hydrogen-bond donors (Lipinski definition) is 2. The number of benzene rings is 2. The van der Waals surface area contributed by atoms with E-state index in [9.17, 15) is 28.3 Å². The average molecular weight is 470 g/mol. The van der Waals surface area contributed by atoms with Gasteiger partial charge in [0.15, 0.2) is 0 Å². The van der Waals surface area contributed by atoms with Crippen LogP contribution in [0.5, 0.6) is 0 Å². The third-order valence-corrected chi connectivity index (χ3v) is 7.10. The van der Waals surface area contributed by atoms with E-state index >= 15 is 0 Å². The molecular formula is C25H24F2N2O5. The van der Waals surface area contributed by atoms with Crippen LogP contribution in [0.15, 0.2) is 48.5 Å². The van der Waals surface area contributed by atoms with Gasteiger partial charge in [-0.1, -0.05) is 48.5 Å². The topological polar surface area (TPSA) is 95.9 Å². The SMILES string of the molecule is O=C(NCC1C(C(=O)N2CCCC2C(=O)O)C1(F)F)OCC1c2ccccc2-c2ccccc21. The second kappa shape index (κ2) is 8.38. The first-order valence-electron chi connectivity index (χ1n) is 11.3. The van der Waals surface area contributed by atoms with Gasteiger partial charge in [-0.15, -0.1) is 0 Å². The summed E-state index contributed by atoms with van der Waals surface area (Å²) in [6.45, 7) is -0.224. The minimum absolute atomic E-state index is 0.0529. The average Bonchev–Trinajstić information content (AvgIpc) is 3.17. The molecule has 34 heavy (non-hydrogen) atoms. The quantitative estimate of drug-likeness (QED) is 0.674. The number of amides is 2. The van der Waals surface area contributed by atoms with Crippen LogP contribution in [0.25, 0.3) is 11.1 Å². The summed E-state index contributed by atoms with van der Waals surface area (Å²) in [5.74, 6) is -8.51. The predicted molar refractivity (Wildman–Crippen MR) is 117 cm³/mol. The zero-order chi connectivity index (χ0) is 24.0. The third kappa shape index (κ3) is 3.69. The fourth-order valence-electron chi connectivity index (χ4n) is 5.29. The first kappa shape index (κ1) is 22.3. The van der Waals surface area contributed by atoms with Gasteiger partial charge in [-0.3, -0.25) is 4.79 Å². The molecule has 0 bridgehead atoms. The van der Waals surface area contributed by atoms with Gasteiger partial charge in [0, 0.05) is 19.0 Å². The third-order valence-electron chi connectivity index (χ3n) is 7.10. The number of likely N-dealkylation sites (tertiary alicyclic amines) is 1. The summed E-state index contributed by atoms with van der Waals surface area (Å²) in [6, 6.07) is 14.6. The van der Waals surface area contributed by atoms with Crippen LogP contribution in [-0.2, 0) is 14.3 Å². The number of aliphatic carboxylic acids is 1. The van der Waals surface area contributed by atoms with E-state index in [1.54, 1.807) is 0 Å². The van der Waals surface area contributed by atoms with Gasteiger partial charge >= 0.3 is 12.1 Å². The summed E-state index contributed by atoms with van der Waals surface area (Å²) < 4.78 is 34.0. The van der Waals surface area contributed by atoms with Crippen LogP contribution in [-0.4, -0.2) is 59.6 Å². The fraction of sp³-hybridized carbons (Fsp3) is 0.400. The van der Waals surface area contributed by atoms with E-state index < -0.39 is 48.3 Å². The Morgan fingerprint density at radius 2 is 1.68 bits per heavy atom. The van der Waals surface area contributed by atoms with Crippen LogP contribution in [0.4, 0.5) is 13.6 Å². The highest BCUT2D eigenvalue weighted by atomic mass is 19.3. The van der Waals surface area contributed by atoms with Gasteiger partial charge in [-0.2, -0.15) is 0 Å². The standard InChI is InChI=1S/C25H24F2N2O5/c26-25(27)19(21(25)22(30)29-11-5-10-20(29)23(31)32)12-28-24(33)34-13-18-16-8-3-1-6-14(16)15-7-2-4-9-17(15)18/h1-4,6-9,18-21H,5,10-13H2,(H,28,33)(H,31,32). The number of alkyl halides is 2. The molecule has 2 aromatic rings. The van der Waals surface area contributed by atoms with E-state index in [1.165, 1.54) is 0 Å². The van der Waals surface area contributed by atoms with Crippen molar-refractivity contribution in [3.63, 3.8) is 0 Å². The van der Waals surface area contributed by atoms with Crippen molar-refractivity contribution in [3.05, 3.63) is 59.7 Å². The molecule has 3 aliphatic rings. The van der Waals surface area contributed by atoms with Gasteiger partial charge in [0.2, 0.25) is 5.91 Å². The van der Waals surface area contributed by atoms with Gasteiger partial charge in [0.25, 0.3) is 5.92 Å². The van der Waals surface area contributed by atoms with Crippen LogP contribution < -0.4 is 5.32 Å². The van der Waals surface area contributed by atoms with Crippen molar-refractivity contribution in [3.8, 4) is 11.1 Å². The maximum Gasteiger partial charge on any atom is 0.407 e. The number of rotatable bonds is 6. The first-order valence-corrected chi connectivity index (χ1v) is 11.3. The Bertz CT molecular complexity index is 1110. The second-order valence-electron chi connectivity index (χ2n) is 8.99. The number of alkyl carbamates (subject to hydrolysis) is 1. The Balaban J connectivity index is 1.17. The van der Waals surface area contributed by atoms with E-state index in [4.69, 9.17) is 4.74 Å². The van der Waals surface area contributed by atoms with Crippen molar-refractivity contribution in [2.24, 2.45) is 11.8 Å². The van der Waals surface area contributed by atoms with Gasteiger partial charge in [0.1, 0.15) is 18.6 Å². The van der Waals surface area contributed by atoms with Crippen LogP contribution in [0, 0.1) is 11.8 Å². The normalized spacial score (nSPS) is 24.3. The predicted octanol–water partition coefficient (Wildman–Crippen LogP) is 3.48. The molecule has 9 heteroatoms. The summed E-state index contributed by atoms with van der Waals surface area (Å²) in [7, 11) is 0. The smallest absolute Gasteiger partial charge is 0.407 e. The zero-order valence-corrected chi connectivity index (χ0v) is 18.2. The summed E-state index contributed by atoms with van der Waals surface area (Å²) in [6.07, 6.45) is -0.119. The van der Waals surface area contributed by atoms with Crippen LogP contribution in [0.3, 0.4) is 0 Å². The monoisotopic (exact) mass is 470 g/mol. The lowest BCUT2D eigenvalue weighted by Crippen LogP contribution is -2.42. The fourth-order valence-corrected chi connectivity index (χ4v) is 5.29. The van der Waals surface area contributed by atoms with E-state index in [0.717, 1.165) is 27.2 Å². The van der Waals surface area contributed by atoms with Gasteiger partial charge in [-0.05, 0) is 35.1 Å². The van der Waals surface area contributed by atoms with Crippen molar-refractivity contribution in [1.29, 1.82) is 0 Å². The molecule has 3 atom stereocenters. The highest BCUT2D eigenvalue weighted by Gasteiger charge is 2.72. The number of carbonyl (C=O) groups is 3. The maximum atomic E-state index is 14.3. The Kier molecular flexibility index (Phi) is 5.50. The maximum absolute atomic E-state index is 14.3. The van der Waals surface area contributed by atoms with E-state index in [1.807, 2.05) is 48.5 Å². The molecule has 0 radical (unpaired) electrons. The number of fused-ring (bicyclic) bond motifs is 3. The molecule has 2 amide bonds. The molecule has 1 saturated heterocycles. The Hall–Kier alpha value is -3.49. The lowest BCUT2D eigenvalue weighted by Gasteiger charge is -2.21. The van der Waals surface area contributed by atoms with Crippen molar-refractivity contribution in [2.45, 2.75) is 30.7 Å². The Morgan fingerprint density at radius 1 is 1.06 bits per heavy atom. The number of nitrogens with zero attached hydrogens (tertiary/aromatic N) is 1. The molecule has 1 heterocycles. The van der Waals surface area contributed by atoms with E-state index in [2.05, 4.69) is 5.32 Å². The second-order valence-corrected chi connectivity index (χ2v) is 8.99. The highest BCUT2D eigenvalue weighted by molar-refractivity contribution is 5.89. The lowest BCUT2D eigenvalue weighted by atomic mass is 9.98. The zero-order valence-electron chi connectivity index (χ0n) is 18.2. The molecule has 2 aliphatic carbocycles. The number of hydrogen-bond acceptors (Lipinski definition) is 4. The minimum Gasteiger partial charge on any atom is -0.480 e. The van der Waals surface area contributed by atoms with Crippen LogP contribution in [0.1, 0.15) is 29.9 Å². The lowest BCUT2D eigenvalue weighted by molar-refractivity contribution is -0.149. The molecular weight excluding hydrogens is 446 g/mol. The number of carboxylic acid groups (broad SMARTS) is 1. The van der Waals surface area contributed by atoms with Gasteiger partial charge < -0.3 is 20.1 Å². The number of halogens is 2. The molecule has 1 aliphatic heterocycles. The minimum atomic E-state index is -3.29. The van der Waals surface area contributed by atoms with Crippen LogP contribution >= 0.6 is 0 Å². The molecule has 5 rings (SSSR count). The molecule has 0 aromatic heterocycles. The molecule has 7 nitrogen and oxygen atoms in total. The molecule has 0 spiro atoms. The Labute approximate surface area is 194 Å². The van der Waals surface area contributed by atoms with Crippen LogP contribution in [0.2, 0.25) is 0 Å². The van der Waals surface area contributed by atoms with Crippen molar-refractivity contribution in [1.82, 2.24) is 10.2 Å². The van der Waals surface area contributed by atoms with E-state index in [0.29, 0.717) is 6.42 Å². The molecule has 2 aromatic carbocycles. The largest absolute Gasteiger partial charge is 0.480 e. The van der Waals surface area contributed by atoms with E-state index in [-0.39, 0.29) is 25.5 Å². The van der Waals surface area contributed by atoms with Gasteiger partial charge in [-0.25, -0.2) is 18.4 Å². The molecule has 2 fully saturated rings.